The first kappa shape index (κ1) is 15.5. The molecule has 1 aliphatic carbocycles. The van der Waals surface area contributed by atoms with Gasteiger partial charge < -0.3 is 10.4 Å². The molecular formula is C14H22N2O3. The van der Waals surface area contributed by atoms with Gasteiger partial charge in [-0.1, -0.05) is 19.3 Å². The van der Waals surface area contributed by atoms with E-state index in [1.807, 2.05) is 6.07 Å². The number of rotatable bonds is 7. The number of carbonyl (C=O) groups excluding carboxylic acids is 1. The van der Waals surface area contributed by atoms with Gasteiger partial charge in [-0.05, 0) is 32.1 Å². The first-order valence-electron chi connectivity index (χ1n) is 7.05. The van der Waals surface area contributed by atoms with Gasteiger partial charge in [0, 0.05) is 12.3 Å². The van der Waals surface area contributed by atoms with Crippen molar-refractivity contribution in [3.05, 3.63) is 0 Å². The first-order valence-corrected chi connectivity index (χ1v) is 7.05. The van der Waals surface area contributed by atoms with Gasteiger partial charge in [0.2, 0.25) is 5.91 Å². The van der Waals surface area contributed by atoms with Crippen LogP contribution in [0.4, 0.5) is 0 Å². The highest BCUT2D eigenvalue weighted by Gasteiger charge is 2.25. The highest BCUT2D eigenvalue weighted by molar-refractivity contribution is 5.84. The summed E-state index contributed by atoms with van der Waals surface area (Å²) >= 11 is 0. The van der Waals surface area contributed by atoms with E-state index in [4.69, 9.17) is 10.4 Å². The van der Waals surface area contributed by atoms with Crippen LogP contribution >= 0.6 is 0 Å². The number of nitrogens with zero attached hydrogens (tertiary/aromatic N) is 1. The molecule has 1 fully saturated rings. The maximum atomic E-state index is 12.0. The van der Waals surface area contributed by atoms with E-state index < -0.39 is 12.0 Å². The topological polar surface area (TPSA) is 90.2 Å². The second-order valence-electron chi connectivity index (χ2n) is 5.14. The van der Waals surface area contributed by atoms with Gasteiger partial charge in [0.15, 0.2) is 0 Å². The number of carboxylic acids is 1. The maximum Gasteiger partial charge on any atom is 0.326 e. The Morgan fingerprint density at radius 1 is 1.26 bits per heavy atom. The Balaban J connectivity index is 2.37. The molecule has 0 saturated heterocycles. The van der Waals surface area contributed by atoms with Crippen molar-refractivity contribution in [3.8, 4) is 6.07 Å². The van der Waals surface area contributed by atoms with Crippen molar-refractivity contribution < 1.29 is 14.7 Å². The van der Waals surface area contributed by atoms with E-state index in [9.17, 15) is 9.59 Å². The number of nitriles is 1. The first-order chi connectivity index (χ1) is 9.15. The van der Waals surface area contributed by atoms with Crippen molar-refractivity contribution in [2.75, 3.05) is 0 Å². The maximum absolute atomic E-state index is 12.0. The SMILES string of the molecule is N#CCCCC[C@H](NC(=O)C1CCCCC1)C(=O)O. The molecule has 0 bridgehead atoms. The zero-order valence-electron chi connectivity index (χ0n) is 11.2. The predicted molar refractivity (Wildman–Crippen MR) is 70.2 cm³/mol. The molecule has 0 aromatic rings. The van der Waals surface area contributed by atoms with Crippen LogP contribution in [-0.4, -0.2) is 23.0 Å². The highest BCUT2D eigenvalue weighted by atomic mass is 16.4. The monoisotopic (exact) mass is 266 g/mol. The lowest BCUT2D eigenvalue weighted by Gasteiger charge is -2.23. The molecule has 1 amide bonds. The van der Waals surface area contributed by atoms with Crippen molar-refractivity contribution in [2.45, 2.75) is 63.8 Å². The van der Waals surface area contributed by atoms with E-state index in [0.29, 0.717) is 25.7 Å². The molecule has 1 saturated carbocycles. The fraction of sp³-hybridized carbons (Fsp3) is 0.786. The van der Waals surface area contributed by atoms with Gasteiger partial charge in [-0.25, -0.2) is 4.79 Å². The quantitative estimate of drug-likeness (QED) is 0.691. The smallest absolute Gasteiger partial charge is 0.326 e. The Labute approximate surface area is 114 Å². The van der Waals surface area contributed by atoms with E-state index in [2.05, 4.69) is 5.32 Å². The number of hydrogen-bond acceptors (Lipinski definition) is 3. The normalized spacial score (nSPS) is 17.4. The summed E-state index contributed by atoms with van der Waals surface area (Å²) in [6.07, 6.45) is 7.17. The summed E-state index contributed by atoms with van der Waals surface area (Å²) < 4.78 is 0. The van der Waals surface area contributed by atoms with Crippen LogP contribution in [0, 0.1) is 17.2 Å². The van der Waals surface area contributed by atoms with Crippen molar-refractivity contribution in [3.63, 3.8) is 0 Å². The van der Waals surface area contributed by atoms with Crippen LogP contribution in [0.3, 0.4) is 0 Å². The van der Waals surface area contributed by atoms with Crippen molar-refractivity contribution >= 4 is 11.9 Å². The number of unbranched alkanes of at least 4 members (excludes halogenated alkanes) is 2. The molecule has 5 heteroatoms. The number of carbonyl (C=O) groups is 2. The second-order valence-corrected chi connectivity index (χ2v) is 5.14. The Hall–Kier alpha value is -1.57. The summed E-state index contributed by atoms with van der Waals surface area (Å²) in [6.45, 7) is 0. The van der Waals surface area contributed by atoms with Crippen molar-refractivity contribution in [1.29, 1.82) is 5.26 Å². The molecule has 0 unspecified atom stereocenters. The van der Waals surface area contributed by atoms with Crippen LogP contribution in [0.25, 0.3) is 0 Å². The lowest BCUT2D eigenvalue weighted by molar-refractivity contribution is -0.142. The zero-order chi connectivity index (χ0) is 14.1. The third-order valence-corrected chi connectivity index (χ3v) is 3.62. The Bertz CT molecular complexity index is 343. The zero-order valence-corrected chi connectivity index (χ0v) is 11.2. The van der Waals surface area contributed by atoms with Gasteiger partial charge in [-0.15, -0.1) is 0 Å². The minimum absolute atomic E-state index is 0.0188. The molecule has 0 radical (unpaired) electrons. The van der Waals surface area contributed by atoms with Crippen LogP contribution in [-0.2, 0) is 9.59 Å². The van der Waals surface area contributed by atoms with Crippen LogP contribution in [0.2, 0.25) is 0 Å². The third-order valence-electron chi connectivity index (χ3n) is 3.62. The summed E-state index contributed by atoms with van der Waals surface area (Å²) in [7, 11) is 0. The minimum Gasteiger partial charge on any atom is -0.480 e. The van der Waals surface area contributed by atoms with Gasteiger partial charge in [0.1, 0.15) is 6.04 Å². The number of nitrogens with one attached hydrogen (secondary N) is 1. The van der Waals surface area contributed by atoms with Gasteiger partial charge in [-0.3, -0.25) is 4.79 Å². The Morgan fingerprint density at radius 3 is 2.53 bits per heavy atom. The molecule has 1 aliphatic rings. The summed E-state index contributed by atoms with van der Waals surface area (Å²) in [6, 6.07) is 1.22. The predicted octanol–water partition coefficient (Wildman–Crippen LogP) is 2.22. The molecule has 1 atom stereocenters. The molecule has 0 heterocycles. The summed E-state index contributed by atoms with van der Waals surface area (Å²) in [5, 5.41) is 20.2. The average Bonchev–Trinajstić information content (AvgIpc) is 2.42. The molecule has 106 valence electrons. The summed E-state index contributed by atoms with van der Waals surface area (Å²) in [4.78, 5) is 23.1. The molecule has 5 nitrogen and oxygen atoms in total. The van der Waals surface area contributed by atoms with Crippen molar-refractivity contribution in [1.82, 2.24) is 5.32 Å². The average molecular weight is 266 g/mol. The van der Waals surface area contributed by atoms with E-state index in [-0.39, 0.29) is 11.8 Å². The molecule has 0 aromatic heterocycles. The summed E-state index contributed by atoms with van der Waals surface area (Å²) in [5.74, 6) is -1.12. The molecule has 2 N–H and O–H groups in total. The number of amides is 1. The van der Waals surface area contributed by atoms with Crippen LogP contribution in [0.5, 0.6) is 0 Å². The largest absolute Gasteiger partial charge is 0.480 e. The molecular weight excluding hydrogens is 244 g/mol. The molecule has 19 heavy (non-hydrogen) atoms. The van der Waals surface area contributed by atoms with E-state index in [0.717, 1.165) is 25.7 Å². The fourth-order valence-corrected chi connectivity index (χ4v) is 2.46. The van der Waals surface area contributed by atoms with Gasteiger partial charge in [0.25, 0.3) is 0 Å². The van der Waals surface area contributed by atoms with Gasteiger partial charge in [-0.2, -0.15) is 5.26 Å². The van der Waals surface area contributed by atoms with Crippen molar-refractivity contribution in [2.24, 2.45) is 5.92 Å². The van der Waals surface area contributed by atoms with Gasteiger partial charge in [0.05, 0.1) is 6.07 Å². The highest BCUT2D eigenvalue weighted by Crippen LogP contribution is 2.23. The second kappa shape index (κ2) is 8.52. The molecule has 1 rings (SSSR count). The lowest BCUT2D eigenvalue weighted by atomic mass is 9.88. The molecule has 0 aromatic carbocycles. The van der Waals surface area contributed by atoms with Crippen LogP contribution < -0.4 is 5.32 Å². The Kier molecular flexibility index (Phi) is 6.94. The fourth-order valence-electron chi connectivity index (χ4n) is 2.46. The van der Waals surface area contributed by atoms with E-state index in [1.165, 1.54) is 6.42 Å². The standard InChI is InChI=1S/C14H22N2O3/c15-10-6-2-5-9-12(14(18)19)16-13(17)11-7-3-1-4-8-11/h11-12H,1-9H2,(H,16,17)(H,18,19)/t12-/m0/s1. The van der Waals surface area contributed by atoms with Crippen LogP contribution in [0.15, 0.2) is 0 Å². The van der Waals surface area contributed by atoms with Gasteiger partial charge >= 0.3 is 5.97 Å². The third kappa shape index (κ3) is 5.73. The number of aliphatic carboxylic acids is 1. The van der Waals surface area contributed by atoms with E-state index in [1.54, 1.807) is 0 Å². The van der Waals surface area contributed by atoms with Crippen LogP contribution in [0.1, 0.15) is 57.8 Å². The lowest BCUT2D eigenvalue weighted by Crippen LogP contribution is -2.44. The number of hydrogen-bond donors (Lipinski definition) is 2. The summed E-state index contributed by atoms with van der Waals surface area (Å²) in [5.41, 5.74) is 0. The Morgan fingerprint density at radius 2 is 1.95 bits per heavy atom. The van der Waals surface area contributed by atoms with E-state index >= 15 is 0 Å². The molecule has 0 aliphatic heterocycles. The molecule has 0 spiro atoms. The number of carboxylic acid groups (broad SMARTS) is 1. The minimum atomic E-state index is -0.985.